The third-order valence-corrected chi connectivity index (χ3v) is 5.06. The summed E-state index contributed by atoms with van der Waals surface area (Å²) in [6, 6.07) is 14.0. The molecule has 1 atom stereocenters. The Morgan fingerprint density at radius 2 is 1.81 bits per heavy atom. The van der Waals surface area contributed by atoms with Gasteiger partial charge in [-0.3, -0.25) is 14.5 Å². The number of piperazine rings is 1. The Morgan fingerprint density at radius 1 is 1.07 bits per heavy atom. The second-order valence-electron chi connectivity index (χ2n) is 6.94. The van der Waals surface area contributed by atoms with Gasteiger partial charge in [-0.15, -0.1) is 0 Å². The molecule has 0 saturated carbocycles. The van der Waals surface area contributed by atoms with E-state index in [2.05, 4.69) is 22.3 Å². The van der Waals surface area contributed by atoms with Crippen molar-refractivity contribution < 1.29 is 14.0 Å². The van der Waals surface area contributed by atoms with Gasteiger partial charge in [-0.2, -0.15) is 0 Å². The first kappa shape index (κ1) is 19.2. The van der Waals surface area contributed by atoms with Crippen molar-refractivity contribution in [2.24, 2.45) is 0 Å². The molecule has 0 spiro atoms. The largest absolute Gasteiger partial charge is 0.469 e. The van der Waals surface area contributed by atoms with Gasteiger partial charge in [0.1, 0.15) is 5.76 Å². The lowest BCUT2D eigenvalue weighted by molar-refractivity contribution is -0.133. The number of nitrogens with zero attached hydrogens (tertiary/aromatic N) is 2. The second-order valence-corrected chi connectivity index (χ2v) is 6.94. The first-order chi connectivity index (χ1) is 13.2. The first-order valence-corrected chi connectivity index (χ1v) is 9.43. The van der Waals surface area contributed by atoms with Crippen molar-refractivity contribution in [1.29, 1.82) is 0 Å². The third kappa shape index (κ3) is 5.44. The monoisotopic (exact) mass is 369 g/mol. The predicted molar refractivity (Wildman–Crippen MR) is 103 cm³/mol. The van der Waals surface area contributed by atoms with Crippen molar-refractivity contribution in [2.45, 2.75) is 18.8 Å². The summed E-state index contributed by atoms with van der Waals surface area (Å²) >= 11 is 0. The lowest BCUT2D eigenvalue weighted by Crippen LogP contribution is -2.51. The number of rotatable bonds is 7. The molecule has 2 heterocycles. The van der Waals surface area contributed by atoms with Gasteiger partial charge in [-0.25, -0.2) is 0 Å². The summed E-state index contributed by atoms with van der Waals surface area (Å²) in [7, 11) is 1.64. The number of furan rings is 1. The van der Waals surface area contributed by atoms with Crippen LogP contribution in [0.3, 0.4) is 0 Å². The van der Waals surface area contributed by atoms with Gasteiger partial charge in [0, 0.05) is 45.6 Å². The molecule has 3 rings (SSSR count). The van der Waals surface area contributed by atoms with Crippen molar-refractivity contribution in [3.8, 4) is 0 Å². The van der Waals surface area contributed by atoms with E-state index >= 15 is 0 Å². The summed E-state index contributed by atoms with van der Waals surface area (Å²) in [6.07, 6.45) is 2.87. The van der Waals surface area contributed by atoms with E-state index in [0.29, 0.717) is 26.1 Å². The van der Waals surface area contributed by atoms with E-state index in [-0.39, 0.29) is 17.7 Å². The molecule has 0 bridgehead atoms. The number of likely N-dealkylation sites (N-methyl/N-ethyl adjacent to an activating group) is 1. The number of benzene rings is 1. The van der Waals surface area contributed by atoms with Crippen molar-refractivity contribution in [1.82, 2.24) is 15.1 Å². The third-order valence-electron chi connectivity index (χ3n) is 5.06. The van der Waals surface area contributed by atoms with E-state index in [1.54, 1.807) is 13.3 Å². The molecule has 2 aromatic rings. The summed E-state index contributed by atoms with van der Waals surface area (Å²) in [5, 5.41) is 2.64. The molecule has 0 aliphatic carbocycles. The van der Waals surface area contributed by atoms with E-state index in [1.165, 1.54) is 5.56 Å². The van der Waals surface area contributed by atoms with Crippen molar-refractivity contribution >= 4 is 11.8 Å². The van der Waals surface area contributed by atoms with Crippen LogP contribution in [0, 0.1) is 0 Å². The van der Waals surface area contributed by atoms with Crippen LogP contribution in [0.25, 0.3) is 0 Å². The van der Waals surface area contributed by atoms with Crippen LogP contribution >= 0.6 is 0 Å². The fourth-order valence-corrected chi connectivity index (χ4v) is 3.47. The van der Waals surface area contributed by atoms with Crippen LogP contribution in [-0.2, 0) is 16.0 Å². The molecule has 1 saturated heterocycles. The zero-order valence-electron chi connectivity index (χ0n) is 15.8. The van der Waals surface area contributed by atoms with Crippen LogP contribution in [0.2, 0.25) is 0 Å². The van der Waals surface area contributed by atoms with Crippen molar-refractivity contribution in [2.75, 3.05) is 39.8 Å². The summed E-state index contributed by atoms with van der Waals surface area (Å²) in [5.41, 5.74) is 1.20. The van der Waals surface area contributed by atoms with Crippen molar-refractivity contribution in [3.05, 3.63) is 60.1 Å². The van der Waals surface area contributed by atoms with Crippen LogP contribution in [0.4, 0.5) is 0 Å². The predicted octanol–water partition coefficient (Wildman–Crippen LogP) is 1.89. The highest BCUT2D eigenvalue weighted by Crippen LogP contribution is 2.26. The highest BCUT2D eigenvalue weighted by atomic mass is 16.3. The smallest absolute Gasteiger partial charge is 0.233 e. The van der Waals surface area contributed by atoms with Crippen LogP contribution in [-0.4, -0.2) is 61.4 Å². The molecular weight excluding hydrogens is 342 g/mol. The lowest BCUT2D eigenvalue weighted by Gasteiger charge is -2.34. The van der Waals surface area contributed by atoms with E-state index in [0.717, 1.165) is 25.3 Å². The van der Waals surface area contributed by atoms with E-state index in [9.17, 15) is 9.59 Å². The topological polar surface area (TPSA) is 65.8 Å². The molecule has 1 N–H and O–H groups in total. The summed E-state index contributed by atoms with van der Waals surface area (Å²) in [6.45, 7) is 3.16. The number of hydrogen-bond donors (Lipinski definition) is 1. The number of carbonyl (C=O) groups is 2. The Kier molecular flexibility index (Phi) is 6.65. The molecule has 1 fully saturated rings. The Hall–Kier alpha value is -2.60. The van der Waals surface area contributed by atoms with Gasteiger partial charge in [0.25, 0.3) is 0 Å². The van der Waals surface area contributed by atoms with Gasteiger partial charge >= 0.3 is 0 Å². The summed E-state index contributed by atoms with van der Waals surface area (Å²) in [5.74, 6) is 1.03. The molecule has 1 unspecified atom stereocenters. The molecule has 6 nitrogen and oxygen atoms in total. The van der Waals surface area contributed by atoms with E-state index in [1.807, 2.05) is 35.2 Å². The highest BCUT2D eigenvalue weighted by Gasteiger charge is 2.26. The van der Waals surface area contributed by atoms with E-state index in [4.69, 9.17) is 4.42 Å². The molecule has 2 amide bonds. The average Bonchev–Trinajstić information content (AvgIpc) is 3.23. The minimum Gasteiger partial charge on any atom is -0.469 e. The normalized spacial score (nSPS) is 16.1. The van der Waals surface area contributed by atoms with Gasteiger partial charge < -0.3 is 14.6 Å². The number of nitrogens with one attached hydrogen (secondary N) is 1. The molecule has 27 heavy (non-hydrogen) atoms. The lowest BCUT2D eigenvalue weighted by atomic mass is 9.93. The van der Waals surface area contributed by atoms with E-state index < -0.39 is 0 Å². The summed E-state index contributed by atoms with van der Waals surface area (Å²) < 4.78 is 5.61. The highest BCUT2D eigenvalue weighted by molar-refractivity contribution is 5.78. The fraction of sp³-hybridized carbons (Fsp3) is 0.429. The van der Waals surface area contributed by atoms with Gasteiger partial charge in [0.2, 0.25) is 11.8 Å². The molecule has 144 valence electrons. The Morgan fingerprint density at radius 3 is 2.44 bits per heavy atom. The quantitative estimate of drug-likeness (QED) is 0.809. The Labute approximate surface area is 160 Å². The maximum Gasteiger partial charge on any atom is 0.233 e. The minimum absolute atomic E-state index is 0.00974. The number of carbonyl (C=O) groups excluding carboxylic acids is 2. The van der Waals surface area contributed by atoms with Gasteiger partial charge in [0.05, 0.1) is 12.8 Å². The average molecular weight is 369 g/mol. The molecule has 0 radical (unpaired) electrons. The molecular formula is C21H27N3O3. The van der Waals surface area contributed by atoms with Crippen molar-refractivity contribution in [3.63, 3.8) is 0 Å². The molecule has 6 heteroatoms. The Balaban J connectivity index is 1.58. The maximum atomic E-state index is 12.9. The van der Waals surface area contributed by atoms with Gasteiger partial charge in [-0.05, 0) is 24.1 Å². The molecule has 1 aromatic carbocycles. The SMILES string of the molecule is CNC(=O)CN1CCN(C(=O)CC(Cc2ccccc2)c2ccco2)CC1. The summed E-state index contributed by atoms with van der Waals surface area (Å²) in [4.78, 5) is 28.4. The maximum absolute atomic E-state index is 12.9. The van der Waals surface area contributed by atoms with Crippen LogP contribution in [0.15, 0.2) is 53.1 Å². The molecule has 1 aliphatic rings. The fourth-order valence-electron chi connectivity index (χ4n) is 3.47. The second kappa shape index (κ2) is 9.37. The molecule has 1 aliphatic heterocycles. The van der Waals surface area contributed by atoms with Gasteiger partial charge in [-0.1, -0.05) is 30.3 Å². The zero-order valence-corrected chi connectivity index (χ0v) is 15.8. The zero-order chi connectivity index (χ0) is 19.1. The minimum atomic E-state index is 0.00974. The number of hydrogen-bond acceptors (Lipinski definition) is 4. The Bertz CT molecular complexity index is 722. The number of amides is 2. The van der Waals surface area contributed by atoms with Crippen LogP contribution in [0.5, 0.6) is 0 Å². The molecule has 1 aromatic heterocycles. The standard InChI is InChI=1S/C21H27N3O3/c1-22-20(25)16-23-9-11-24(12-10-23)21(26)15-18(19-8-5-13-27-19)14-17-6-3-2-4-7-17/h2-8,13,18H,9-12,14-16H2,1H3,(H,22,25). The van der Waals surface area contributed by atoms with Crippen LogP contribution in [0.1, 0.15) is 23.7 Å². The van der Waals surface area contributed by atoms with Gasteiger partial charge in [0.15, 0.2) is 0 Å². The first-order valence-electron chi connectivity index (χ1n) is 9.43. The van der Waals surface area contributed by atoms with Crippen LogP contribution < -0.4 is 5.32 Å².